The van der Waals surface area contributed by atoms with Crippen molar-refractivity contribution >= 4 is 11.6 Å². The molecule has 3 N–H and O–H groups in total. The van der Waals surface area contributed by atoms with E-state index < -0.39 is 0 Å². The van der Waals surface area contributed by atoms with Crippen molar-refractivity contribution in [3.63, 3.8) is 0 Å². The summed E-state index contributed by atoms with van der Waals surface area (Å²) in [5.41, 5.74) is 3.04. The summed E-state index contributed by atoms with van der Waals surface area (Å²) in [7, 11) is 0. The number of aryl methyl sites for hydroxylation is 2. The number of nitrogens with zero attached hydrogens (tertiary/aromatic N) is 2. The summed E-state index contributed by atoms with van der Waals surface area (Å²) in [6.45, 7) is 7.77. The Balaban J connectivity index is 2.10. The number of hydrogen-bond donors (Lipinski definition) is 3. The topological polar surface area (TPSA) is 99.5 Å². The summed E-state index contributed by atoms with van der Waals surface area (Å²) in [6.07, 6.45) is 1.74. The third-order valence-corrected chi connectivity index (χ3v) is 4.68. The summed E-state index contributed by atoms with van der Waals surface area (Å²) in [4.78, 5) is 28.1. The number of amides is 1. The minimum absolute atomic E-state index is 0.0586. The van der Waals surface area contributed by atoms with Gasteiger partial charge in [-0.2, -0.15) is 0 Å². The van der Waals surface area contributed by atoms with E-state index in [-0.39, 0.29) is 30.0 Å². The molecule has 0 aromatic carbocycles. The van der Waals surface area contributed by atoms with Crippen molar-refractivity contribution in [2.75, 3.05) is 6.61 Å². The number of aliphatic hydroxyl groups is 1. The van der Waals surface area contributed by atoms with Crippen molar-refractivity contribution in [1.82, 2.24) is 19.9 Å². The Morgan fingerprint density at radius 3 is 2.79 bits per heavy atom. The van der Waals surface area contributed by atoms with Crippen molar-refractivity contribution in [2.24, 2.45) is 5.92 Å². The number of aromatic amines is 1. The molecule has 0 aliphatic carbocycles. The van der Waals surface area contributed by atoms with E-state index in [0.29, 0.717) is 18.5 Å². The minimum atomic E-state index is -0.217. The second kappa shape index (κ2) is 7.61. The van der Waals surface area contributed by atoms with Crippen LogP contribution < -0.4 is 10.9 Å². The fraction of sp³-hybridized carbons (Fsp3) is 0.588. The van der Waals surface area contributed by atoms with E-state index in [4.69, 9.17) is 0 Å². The van der Waals surface area contributed by atoms with E-state index in [9.17, 15) is 14.7 Å². The van der Waals surface area contributed by atoms with E-state index in [1.807, 2.05) is 27.7 Å². The maximum absolute atomic E-state index is 12.2. The van der Waals surface area contributed by atoms with E-state index in [1.165, 1.54) is 6.07 Å². The summed E-state index contributed by atoms with van der Waals surface area (Å²) in [5.74, 6) is 0.139. The zero-order valence-electron chi connectivity index (χ0n) is 14.7. The van der Waals surface area contributed by atoms with Crippen LogP contribution in [0.4, 0.5) is 0 Å². The summed E-state index contributed by atoms with van der Waals surface area (Å²) >= 11 is 0. The molecule has 0 saturated heterocycles. The molecule has 0 unspecified atom stereocenters. The largest absolute Gasteiger partial charge is 0.394 e. The third kappa shape index (κ3) is 3.84. The van der Waals surface area contributed by atoms with Crippen molar-refractivity contribution < 1.29 is 9.90 Å². The molecule has 132 valence electrons. The van der Waals surface area contributed by atoms with Crippen molar-refractivity contribution in [3.05, 3.63) is 33.4 Å². The molecule has 0 radical (unpaired) electrons. The second-order valence-corrected chi connectivity index (χ2v) is 6.32. The highest BCUT2D eigenvalue weighted by Gasteiger charge is 2.18. The Bertz CT molecular complexity index is 778. The lowest BCUT2D eigenvalue weighted by atomic mass is 9.99. The molecule has 0 bridgehead atoms. The molecule has 2 heterocycles. The number of carbonyl (C=O) groups is 1. The molecular formula is C17H26N4O3. The van der Waals surface area contributed by atoms with E-state index in [1.54, 1.807) is 4.52 Å². The van der Waals surface area contributed by atoms with Crippen LogP contribution in [0.25, 0.3) is 5.65 Å². The van der Waals surface area contributed by atoms with Crippen LogP contribution in [0.2, 0.25) is 0 Å². The second-order valence-electron chi connectivity index (χ2n) is 6.32. The Morgan fingerprint density at radius 1 is 1.46 bits per heavy atom. The lowest BCUT2D eigenvalue weighted by Crippen LogP contribution is -2.42. The molecule has 2 aromatic heterocycles. The van der Waals surface area contributed by atoms with Crippen LogP contribution in [0.5, 0.6) is 0 Å². The summed E-state index contributed by atoms with van der Waals surface area (Å²) < 4.78 is 1.65. The standard InChI is InChI=1S/C17H26N4O3/c1-5-10(2)14(9-22)19-16(23)7-6-13-11(3)18-15-8-17(24)20-21(15)12(13)4/h8,10,14,22H,5-7,9H2,1-4H3,(H,19,23)(H,20,24)/t10-,14-/m0/s1. The number of hydrogen-bond acceptors (Lipinski definition) is 4. The average Bonchev–Trinajstić information content (AvgIpc) is 2.92. The summed E-state index contributed by atoms with van der Waals surface area (Å²) in [6, 6.07) is 1.24. The number of aromatic nitrogens is 3. The van der Waals surface area contributed by atoms with Gasteiger partial charge in [0.15, 0.2) is 5.65 Å². The van der Waals surface area contributed by atoms with Gasteiger partial charge in [0.1, 0.15) is 0 Å². The normalized spacial score (nSPS) is 13.9. The molecule has 0 aliphatic rings. The SMILES string of the molecule is CC[C@H](C)[C@H](CO)NC(=O)CCc1c(C)nc2cc(=O)[nH]n2c1C. The highest BCUT2D eigenvalue weighted by molar-refractivity contribution is 5.76. The predicted molar refractivity (Wildman–Crippen MR) is 92.1 cm³/mol. The molecule has 0 saturated carbocycles. The van der Waals surface area contributed by atoms with Gasteiger partial charge in [-0.1, -0.05) is 20.3 Å². The molecule has 0 aliphatic heterocycles. The van der Waals surface area contributed by atoms with E-state index in [0.717, 1.165) is 23.4 Å². The first-order chi connectivity index (χ1) is 11.4. The first-order valence-electron chi connectivity index (χ1n) is 8.35. The Morgan fingerprint density at radius 2 is 2.17 bits per heavy atom. The van der Waals surface area contributed by atoms with Gasteiger partial charge < -0.3 is 10.4 Å². The maximum Gasteiger partial charge on any atom is 0.266 e. The van der Waals surface area contributed by atoms with Gasteiger partial charge in [-0.05, 0) is 31.7 Å². The molecule has 2 rings (SSSR count). The maximum atomic E-state index is 12.2. The smallest absolute Gasteiger partial charge is 0.266 e. The minimum Gasteiger partial charge on any atom is -0.394 e. The van der Waals surface area contributed by atoms with Crippen molar-refractivity contribution in [2.45, 2.75) is 53.0 Å². The fourth-order valence-electron chi connectivity index (χ4n) is 2.89. The van der Waals surface area contributed by atoms with Gasteiger partial charge in [0.25, 0.3) is 5.56 Å². The van der Waals surface area contributed by atoms with Crippen LogP contribution in [0, 0.1) is 19.8 Å². The number of carbonyl (C=O) groups excluding carboxylic acids is 1. The van der Waals surface area contributed by atoms with Crippen molar-refractivity contribution in [3.8, 4) is 0 Å². The van der Waals surface area contributed by atoms with Crippen LogP contribution in [0.1, 0.15) is 43.6 Å². The monoisotopic (exact) mass is 334 g/mol. The van der Waals surface area contributed by atoms with Crippen molar-refractivity contribution in [1.29, 1.82) is 0 Å². The molecule has 24 heavy (non-hydrogen) atoms. The van der Waals surface area contributed by atoms with Gasteiger partial charge in [-0.25, -0.2) is 9.50 Å². The molecule has 7 nitrogen and oxygen atoms in total. The van der Waals surface area contributed by atoms with E-state index >= 15 is 0 Å². The number of fused-ring (bicyclic) bond motifs is 1. The van der Waals surface area contributed by atoms with Crippen LogP contribution >= 0.6 is 0 Å². The zero-order chi connectivity index (χ0) is 17.9. The molecule has 7 heteroatoms. The lowest BCUT2D eigenvalue weighted by molar-refractivity contribution is -0.122. The lowest BCUT2D eigenvalue weighted by Gasteiger charge is -2.22. The Labute approximate surface area is 141 Å². The average molecular weight is 334 g/mol. The van der Waals surface area contributed by atoms with Gasteiger partial charge in [-0.15, -0.1) is 0 Å². The zero-order valence-corrected chi connectivity index (χ0v) is 14.7. The van der Waals surface area contributed by atoms with Crippen LogP contribution in [0.15, 0.2) is 10.9 Å². The highest BCUT2D eigenvalue weighted by Crippen LogP contribution is 2.15. The van der Waals surface area contributed by atoms with Gasteiger partial charge in [0.2, 0.25) is 5.91 Å². The molecule has 0 spiro atoms. The number of aliphatic hydroxyl groups excluding tert-OH is 1. The quantitative estimate of drug-likeness (QED) is 0.706. The Hall–Kier alpha value is -2.15. The van der Waals surface area contributed by atoms with Crippen LogP contribution in [-0.2, 0) is 11.2 Å². The van der Waals surface area contributed by atoms with Gasteiger partial charge in [0.05, 0.1) is 12.6 Å². The molecule has 1 amide bonds. The van der Waals surface area contributed by atoms with Gasteiger partial charge in [0, 0.05) is 23.9 Å². The van der Waals surface area contributed by atoms with Crippen LogP contribution in [0.3, 0.4) is 0 Å². The number of nitrogens with one attached hydrogen (secondary N) is 2. The molecule has 2 atom stereocenters. The summed E-state index contributed by atoms with van der Waals surface area (Å²) in [5, 5.41) is 15.0. The third-order valence-electron chi connectivity index (χ3n) is 4.68. The fourth-order valence-corrected chi connectivity index (χ4v) is 2.89. The number of rotatable bonds is 7. The molecule has 0 fully saturated rings. The van der Waals surface area contributed by atoms with Gasteiger partial charge in [-0.3, -0.25) is 14.7 Å². The highest BCUT2D eigenvalue weighted by atomic mass is 16.3. The van der Waals surface area contributed by atoms with Gasteiger partial charge >= 0.3 is 0 Å². The first-order valence-corrected chi connectivity index (χ1v) is 8.35. The Kier molecular flexibility index (Phi) is 5.77. The van der Waals surface area contributed by atoms with Crippen LogP contribution in [-0.4, -0.2) is 38.3 Å². The molecule has 2 aromatic rings. The predicted octanol–water partition coefficient (Wildman–Crippen LogP) is 1.10. The number of H-pyrrole nitrogens is 1. The molecular weight excluding hydrogens is 308 g/mol. The van der Waals surface area contributed by atoms with E-state index in [2.05, 4.69) is 15.4 Å². The first kappa shape index (κ1) is 18.2.